The Balaban J connectivity index is 1.62. The molecule has 2 aromatic heterocycles. The lowest BCUT2D eigenvalue weighted by atomic mass is 9.94. The van der Waals surface area contributed by atoms with Crippen LogP contribution in [0.2, 0.25) is 0 Å². The summed E-state index contributed by atoms with van der Waals surface area (Å²) in [6.45, 7) is 10.4. The number of nitrogens with zero attached hydrogens (tertiary/aromatic N) is 3. The van der Waals surface area contributed by atoms with E-state index in [1.165, 1.54) is 11.1 Å². The Bertz CT molecular complexity index is 1040. The lowest BCUT2D eigenvalue weighted by Gasteiger charge is -2.34. The van der Waals surface area contributed by atoms with Gasteiger partial charge in [0.2, 0.25) is 5.91 Å². The molecule has 1 saturated heterocycles. The summed E-state index contributed by atoms with van der Waals surface area (Å²) in [6.07, 6.45) is 2.23. The summed E-state index contributed by atoms with van der Waals surface area (Å²) >= 11 is 1.68. The van der Waals surface area contributed by atoms with Crippen LogP contribution in [0.1, 0.15) is 39.4 Å². The summed E-state index contributed by atoms with van der Waals surface area (Å²) in [5.41, 5.74) is 2.04. The second-order valence-electron chi connectivity index (χ2n) is 9.20. The smallest absolute Gasteiger partial charge is 0.225 e. The van der Waals surface area contributed by atoms with Crippen LogP contribution in [-0.4, -0.2) is 35.5 Å². The van der Waals surface area contributed by atoms with Gasteiger partial charge in [0.1, 0.15) is 16.5 Å². The van der Waals surface area contributed by atoms with Crippen molar-refractivity contribution in [3.8, 4) is 11.1 Å². The number of piperidine rings is 1. The maximum Gasteiger partial charge on any atom is 0.225 e. The molecule has 1 aliphatic rings. The first-order chi connectivity index (χ1) is 14.3. The highest BCUT2D eigenvalue weighted by Gasteiger charge is 2.27. The number of carbonyl (C=O) groups is 1. The van der Waals surface area contributed by atoms with Crippen molar-refractivity contribution in [1.82, 2.24) is 15.3 Å². The molecule has 0 saturated carbocycles. The Labute approximate surface area is 182 Å². The van der Waals surface area contributed by atoms with Crippen LogP contribution in [0.5, 0.6) is 0 Å². The number of aryl methyl sites for hydroxylation is 1. The van der Waals surface area contributed by atoms with E-state index < -0.39 is 0 Å². The molecular weight excluding hydrogens is 392 g/mol. The van der Waals surface area contributed by atoms with E-state index in [4.69, 9.17) is 9.97 Å². The van der Waals surface area contributed by atoms with Gasteiger partial charge < -0.3 is 10.2 Å². The van der Waals surface area contributed by atoms with Gasteiger partial charge in [0.25, 0.3) is 0 Å². The quantitative estimate of drug-likeness (QED) is 0.639. The van der Waals surface area contributed by atoms with Crippen molar-refractivity contribution in [2.45, 2.75) is 40.5 Å². The summed E-state index contributed by atoms with van der Waals surface area (Å²) in [6, 6.07) is 10.5. The van der Waals surface area contributed by atoms with Crippen LogP contribution in [-0.2, 0) is 4.79 Å². The normalized spacial score (nSPS) is 17.3. The Morgan fingerprint density at radius 2 is 2.00 bits per heavy atom. The molecule has 1 amide bonds. The van der Waals surface area contributed by atoms with Crippen LogP contribution in [0.15, 0.2) is 35.7 Å². The molecule has 1 aromatic carbocycles. The molecule has 0 spiro atoms. The van der Waals surface area contributed by atoms with Gasteiger partial charge in [-0.15, -0.1) is 11.3 Å². The molecule has 1 aliphatic heterocycles. The van der Waals surface area contributed by atoms with E-state index in [1.807, 2.05) is 33.8 Å². The van der Waals surface area contributed by atoms with Crippen molar-refractivity contribution >= 4 is 33.3 Å². The number of benzene rings is 1. The van der Waals surface area contributed by atoms with Crippen LogP contribution in [0, 0.1) is 18.3 Å². The zero-order valence-corrected chi connectivity index (χ0v) is 19.1. The predicted molar refractivity (Wildman–Crippen MR) is 125 cm³/mol. The van der Waals surface area contributed by atoms with E-state index in [-0.39, 0.29) is 11.3 Å². The van der Waals surface area contributed by atoms with Gasteiger partial charge in [-0.25, -0.2) is 9.97 Å². The molecule has 1 fully saturated rings. The van der Waals surface area contributed by atoms with E-state index in [1.54, 1.807) is 11.3 Å². The summed E-state index contributed by atoms with van der Waals surface area (Å²) in [5.74, 6) is 2.38. The molecule has 3 heterocycles. The van der Waals surface area contributed by atoms with Gasteiger partial charge in [-0.05, 0) is 31.2 Å². The van der Waals surface area contributed by atoms with Crippen molar-refractivity contribution in [2.75, 3.05) is 24.5 Å². The fourth-order valence-corrected chi connectivity index (χ4v) is 5.00. The van der Waals surface area contributed by atoms with Gasteiger partial charge in [0.05, 0.1) is 5.39 Å². The second kappa shape index (κ2) is 8.34. The van der Waals surface area contributed by atoms with E-state index in [0.717, 1.165) is 54.3 Å². The molecule has 3 aromatic rings. The molecule has 0 bridgehead atoms. The molecule has 6 heteroatoms. The largest absolute Gasteiger partial charge is 0.356 e. The molecular formula is C24H30N4OS. The number of nitrogens with one attached hydrogen (secondary N) is 1. The molecule has 158 valence electrons. The van der Waals surface area contributed by atoms with Crippen molar-refractivity contribution in [1.29, 1.82) is 0 Å². The highest BCUT2D eigenvalue weighted by atomic mass is 32.1. The number of fused-ring (bicyclic) bond motifs is 1. The average Bonchev–Trinajstić information content (AvgIpc) is 3.15. The van der Waals surface area contributed by atoms with Crippen molar-refractivity contribution in [2.24, 2.45) is 11.3 Å². The Morgan fingerprint density at radius 3 is 2.73 bits per heavy atom. The minimum Gasteiger partial charge on any atom is -0.356 e. The number of anilines is 1. The van der Waals surface area contributed by atoms with Crippen molar-refractivity contribution < 1.29 is 4.79 Å². The molecule has 1 N–H and O–H groups in total. The number of aromatic nitrogens is 2. The zero-order valence-electron chi connectivity index (χ0n) is 18.2. The van der Waals surface area contributed by atoms with E-state index >= 15 is 0 Å². The monoisotopic (exact) mass is 422 g/mol. The Morgan fingerprint density at radius 1 is 1.23 bits per heavy atom. The van der Waals surface area contributed by atoms with E-state index in [2.05, 4.69) is 39.9 Å². The van der Waals surface area contributed by atoms with Gasteiger partial charge in [-0.2, -0.15) is 0 Å². The third kappa shape index (κ3) is 4.33. The Kier molecular flexibility index (Phi) is 5.78. The number of amides is 1. The maximum atomic E-state index is 12.3. The Hall–Kier alpha value is -2.47. The highest BCUT2D eigenvalue weighted by Crippen LogP contribution is 2.39. The summed E-state index contributed by atoms with van der Waals surface area (Å²) < 4.78 is 0. The van der Waals surface area contributed by atoms with Crippen molar-refractivity contribution in [3.63, 3.8) is 0 Å². The average molecular weight is 423 g/mol. The minimum absolute atomic E-state index is 0.115. The standard InChI is InChI=1S/C24H30N4OS/c1-16-26-21(20-19(15-30-22(20)27-16)18-10-6-5-7-11-18)28-12-8-9-17(14-28)13-25-23(29)24(2,3)4/h5-7,10-11,15,17H,8-9,12-14H2,1-4H3,(H,25,29). The third-order valence-corrected chi connectivity index (χ3v) is 6.53. The molecule has 5 nitrogen and oxygen atoms in total. The molecule has 1 atom stereocenters. The highest BCUT2D eigenvalue weighted by molar-refractivity contribution is 7.17. The van der Waals surface area contributed by atoms with Gasteiger partial charge >= 0.3 is 0 Å². The fourth-order valence-electron chi connectivity index (χ4n) is 4.01. The van der Waals surface area contributed by atoms with Gasteiger partial charge in [-0.1, -0.05) is 51.1 Å². The molecule has 4 rings (SSSR count). The maximum absolute atomic E-state index is 12.3. The van der Waals surface area contributed by atoms with Crippen LogP contribution < -0.4 is 10.2 Å². The molecule has 0 aliphatic carbocycles. The van der Waals surface area contributed by atoms with Crippen LogP contribution >= 0.6 is 11.3 Å². The number of rotatable bonds is 4. The topological polar surface area (TPSA) is 58.1 Å². The molecule has 1 unspecified atom stereocenters. The number of hydrogen-bond donors (Lipinski definition) is 1. The van der Waals surface area contributed by atoms with Crippen LogP contribution in [0.3, 0.4) is 0 Å². The number of hydrogen-bond acceptors (Lipinski definition) is 5. The summed E-state index contributed by atoms with van der Waals surface area (Å²) in [5, 5.41) is 6.50. The number of thiophene rings is 1. The van der Waals surface area contributed by atoms with E-state index in [0.29, 0.717) is 5.92 Å². The zero-order chi connectivity index (χ0) is 21.3. The lowest BCUT2D eigenvalue weighted by Crippen LogP contribution is -2.43. The molecule has 30 heavy (non-hydrogen) atoms. The third-order valence-electron chi connectivity index (χ3n) is 5.66. The summed E-state index contributed by atoms with van der Waals surface area (Å²) in [7, 11) is 0. The molecule has 0 radical (unpaired) electrons. The summed E-state index contributed by atoms with van der Waals surface area (Å²) in [4.78, 5) is 25.3. The fraction of sp³-hybridized carbons (Fsp3) is 0.458. The predicted octanol–water partition coefficient (Wildman–Crippen LogP) is 5.05. The SMILES string of the molecule is Cc1nc(N2CCCC(CNC(=O)C(C)(C)C)C2)c2c(-c3ccccc3)csc2n1. The first-order valence-corrected chi connectivity index (χ1v) is 11.6. The van der Waals surface area contributed by atoms with Gasteiger partial charge in [0.15, 0.2) is 0 Å². The van der Waals surface area contributed by atoms with Crippen LogP contribution in [0.4, 0.5) is 5.82 Å². The van der Waals surface area contributed by atoms with Crippen LogP contribution in [0.25, 0.3) is 21.3 Å². The second-order valence-corrected chi connectivity index (χ2v) is 10.1. The van der Waals surface area contributed by atoms with Gasteiger partial charge in [0, 0.05) is 36.0 Å². The first-order valence-electron chi connectivity index (χ1n) is 10.7. The van der Waals surface area contributed by atoms with Gasteiger partial charge in [-0.3, -0.25) is 4.79 Å². The lowest BCUT2D eigenvalue weighted by molar-refractivity contribution is -0.128. The first kappa shape index (κ1) is 20.8. The van der Waals surface area contributed by atoms with E-state index in [9.17, 15) is 4.79 Å². The minimum atomic E-state index is -0.356. The van der Waals surface area contributed by atoms with Crippen molar-refractivity contribution in [3.05, 3.63) is 41.5 Å². The number of carbonyl (C=O) groups excluding carboxylic acids is 1.